The van der Waals surface area contributed by atoms with E-state index < -0.39 is 21.3 Å². The standard InChI is InChI=1S/C20H21Cl3N2O4S/c21-14-2-5-16(6-3-14)29-13-20(11-19(24)26)8-1-9-25(12-20)30(27,28)18-7-4-15(22)10-17(18)23/h2-7,10H,1,8-9,11-13H2,(H2,24,26)/t20-/m1/s1. The first-order valence-electron chi connectivity index (χ1n) is 9.23. The lowest BCUT2D eigenvalue weighted by molar-refractivity contribution is -0.121. The summed E-state index contributed by atoms with van der Waals surface area (Å²) >= 11 is 17.9. The second kappa shape index (κ2) is 9.32. The summed E-state index contributed by atoms with van der Waals surface area (Å²) in [7, 11) is -3.89. The number of benzene rings is 2. The lowest BCUT2D eigenvalue weighted by atomic mass is 9.78. The van der Waals surface area contributed by atoms with E-state index in [-0.39, 0.29) is 29.5 Å². The van der Waals surface area contributed by atoms with E-state index in [0.717, 1.165) is 0 Å². The van der Waals surface area contributed by atoms with Crippen LogP contribution in [0.15, 0.2) is 47.4 Å². The summed E-state index contributed by atoms with van der Waals surface area (Å²) in [6.07, 6.45) is 1.16. The van der Waals surface area contributed by atoms with Crippen molar-refractivity contribution in [2.75, 3.05) is 19.7 Å². The van der Waals surface area contributed by atoms with Gasteiger partial charge in [-0.3, -0.25) is 4.79 Å². The smallest absolute Gasteiger partial charge is 0.244 e. The van der Waals surface area contributed by atoms with E-state index in [2.05, 4.69) is 0 Å². The van der Waals surface area contributed by atoms with Crippen molar-refractivity contribution in [3.63, 3.8) is 0 Å². The topological polar surface area (TPSA) is 89.7 Å². The molecule has 162 valence electrons. The van der Waals surface area contributed by atoms with Crippen LogP contribution in [0.3, 0.4) is 0 Å². The van der Waals surface area contributed by atoms with Crippen molar-refractivity contribution >= 4 is 50.7 Å². The molecule has 0 unspecified atom stereocenters. The molecule has 10 heteroatoms. The van der Waals surface area contributed by atoms with Crippen LogP contribution in [0.25, 0.3) is 0 Å². The molecule has 1 heterocycles. The quantitative estimate of drug-likeness (QED) is 0.623. The van der Waals surface area contributed by atoms with Crippen molar-refractivity contribution in [3.05, 3.63) is 57.5 Å². The van der Waals surface area contributed by atoms with Gasteiger partial charge in [0.1, 0.15) is 10.6 Å². The van der Waals surface area contributed by atoms with Gasteiger partial charge in [-0.25, -0.2) is 8.42 Å². The maximum atomic E-state index is 13.2. The number of carbonyl (C=O) groups is 1. The van der Waals surface area contributed by atoms with Gasteiger partial charge in [0.2, 0.25) is 15.9 Å². The summed E-state index contributed by atoms with van der Waals surface area (Å²) in [5, 5.41) is 0.965. The van der Waals surface area contributed by atoms with E-state index in [9.17, 15) is 13.2 Å². The van der Waals surface area contributed by atoms with Crippen LogP contribution in [0, 0.1) is 5.41 Å². The maximum absolute atomic E-state index is 13.2. The number of piperidine rings is 1. The zero-order valence-corrected chi connectivity index (χ0v) is 19.1. The fraction of sp³-hybridized carbons (Fsp3) is 0.350. The van der Waals surface area contributed by atoms with Gasteiger partial charge >= 0.3 is 0 Å². The van der Waals surface area contributed by atoms with Crippen LogP contribution in [0.4, 0.5) is 0 Å². The lowest BCUT2D eigenvalue weighted by Crippen LogP contribution is -2.50. The number of nitrogens with zero attached hydrogens (tertiary/aromatic N) is 1. The van der Waals surface area contributed by atoms with Crippen molar-refractivity contribution in [2.24, 2.45) is 11.1 Å². The Hall–Kier alpha value is -1.51. The van der Waals surface area contributed by atoms with Crippen molar-refractivity contribution in [2.45, 2.75) is 24.2 Å². The molecule has 1 atom stereocenters. The summed E-state index contributed by atoms with van der Waals surface area (Å²) in [5.74, 6) is 0.0578. The Labute approximate surface area is 190 Å². The van der Waals surface area contributed by atoms with Gasteiger partial charge in [0.05, 0.1) is 11.6 Å². The second-order valence-electron chi connectivity index (χ2n) is 7.40. The molecule has 0 bridgehead atoms. The number of hydrogen-bond acceptors (Lipinski definition) is 4. The van der Waals surface area contributed by atoms with Gasteiger partial charge < -0.3 is 10.5 Å². The molecule has 1 fully saturated rings. The molecular formula is C20H21Cl3N2O4S. The first-order valence-corrected chi connectivity index (χ1v) is 11.8. The fourth-order valence-electron chi connectivity index (χ4n) is 3.64. The molecule has 6 nitrogen and oxygen atoms in total. The summed E-state index contributed by atoms with van der Waals surface area (Å²) in [6, 6.07) is 11.1. The molecule has 0 aromatic heterocycles. The van der Waals surface area contributed by atoms with Gasteiger partial charge in [0, 0.05) is 35.0 Å². The number of carbonyl (C=O) groups excluding carboxylic acids is 1. The Balaban J connectivity index is 1.85. The summed E-state index contributed by atoms with van der Waals surface area (Å²) in [4.78, 5) is 11.8. The number of hydrogen-bond donors (Lipinski definition) is 1. The van der Waals surface area contributed by atoms with Gasteiger partial charge in [0.15, 0.2) is 0 Å². The Morgan fingerprint density at radius 3 is 2.40 bits per heavy atom. The third-order valence-electron chi connectivity index (χ3n) is 5.05. The van der Waals surface area contributed by atoms with E-state index in [1.54, 1.807) is 24.3 Å². The number of sulfonamides is 1. The van der Waals surface area contributed by atoms with Crippen LogP contribution in [-0.2, 0) is 14.8 Å². The predicted molar refractivity (Wildman–Crippen MR) is 118 cm³/mol. The van der Waals surface area contributed by atoms with Gasteiger partial charge in [-0.2, -0.15) is 4.31 Å². The van der Waals surface area contributed by atoms with Gasteiger partial charge in [0.25, 0.3) is 0 Å². The van der Waals surface area contributed by atoms with Crippen molar-refractivity contribution in [1.82, 2.24) is 4.31 Å². The predicted octanol–water partition coefficient (Wildman–Crippen LogP) is 4.37. The first-order chi connectivity index (χ1) is 14.1. The Morgan fingerprint density at radius 2 is 1.77 bits per heavy atom. The third kappa shape index (κ3) is 5.39. The van der Waals surface area contributed by atoms with E-state index in [0.29, 0.717) is 35.2 Å². The summed E-state index contributed by atoms with van der Waals surface area (Å²) in [5.41, 5.74) is 4.73. The number of amides is 1. The van der Waals surface area contributed by atoms with E-state index in [1.165, 1.54) is 22.5 Å². The summed E-state index contributed by atoms with van der Waals surface area (Å²) < 4.78 is 33.7. The minimum absolute atomic E-state index is 0.000952. The molecule has 1 saturated heterocycles. The number of primary amides is 1. The van der Waals surface area contributed by atoms with E-state index >= 15 is 0 Å². The molecule has 2 aromatic carbocycles. The van der Waals surface area contributed by atoms with E-state index in [4.69, 9.17) is 45.3 Å². The molecule has 1 aliphatic heterocycles. The zero-order valence-electron chi connectivity index (χ0n) is 16.0. The zero-order chi connectivity index (χ0) is 21.9. The van der Waals surface area contributed by atoms with Crippen LogP contribution in [0.2, 0.25) is 15.1 Å². The van der Waals surface area contributed by atoms with Crippen LogP contribution >= 0.6 is 34.8 Å². The second-order valence-corrected chi connectivity index (χ2v) is 10.6. The van der Waals surface area contributed by atoms with E-state index in [1.807, 2.05) is 0 Å². The Morgan fingerprint density at radius 1 is 1.10 bits per heavy atom. The normalized spacial score (nSPS) is 20.1. The average Bonchev–Trinajstić information content (AvgIpc) is 2.67. The maximum Gasteiger partial charge on any atom is 0.244 e. The van der Waals surface area contributed by atoms with Gasteiger partial charge in [-0.05, 0) is 55.3 Å². The Kier molecular flexibility index (Phi) is 7.20. The monoisotopic (exact) mass is 490 g/mol. The largest absolute Gasteiger partial charge is 0.493 e. The molecule has 30 heavy (non-hydrogen) atoms. The molecule has 0 aliphatic carbocycles. The highest BCUT2D eigenvalue weighted by Crippen LogP contribution is 2.38. The molecular weight excluding hydrogens is 471 g/mol. The SMILES string of the molecule is NC(=O)C[C@]1(COc2ccc(Cl)cc2)CCCN(S(=O)(=O)c2ccc(Cl)cc2Cl)C1. The van der Waals surface area contributed by atoms with Crippen molar-refractivity contribution in [1.29, 1.82) is 0 Å². The Bertz CT molecular complexity index is 1030. The number of ether oxygens (including phenoxy) is 1. The number of rotatable bonds is 7. The number of nitrogens with two attached hydrogens (primary N) is 1. The van der Waals surface area contributed by atoms with Crippen molar-refractivity contribution in [3.8, 4) is 5.75 Å². The van der Waals surface area contributed by atoms with Gasteiger partial charge in [-0.15, -0.1) is 0 Å². The molecule has 2 N–H and O–H groups in total. The van der Waals surface area contributed by atoms with Crippen LogP contribution in [-0.4, -0.2) is 38.3 Å². The first kappa shape index (κ1) is 23.2. The highest BCUT2D eigenvalue weighted by Gasteiger charge is 2.42. The van der Waals surface area contributed by atoms with Crippen LogP contribution < -0.4 is 10.5 Å². The molecule has 0 saturated carbocycles. The molecule has 1 amide bonds. The molecule has 2 aromatic rings. The molecule has 0 radical (unpaired) electrons. The van der Waals surface area contributed by atoms with Crippen molar-refractivity contribution < 1.29 is 17.9 Å². The highest BCUT2D eigenvalue weighted by atomic mass is 35.5. The highest BCUT2D eigenvalue weighted by molar-refractivity contribution is 7.89. The molecule has 0 spiro atoms. The van der Waals surface area contributed by atoms with Crippen LogP contribution in [0.5, 0.6) is 5.75 Å². The minimum Gasteiger partial charge on any atom is -0.493 e. The average molecular weight is 492 g/mol. The molecule has 3 rings (SSSR count). The number of halogens is 3. The fourth-order valence-corrected chi connectivity index (χ4v) is 6.11. The summed E-state index contributed by atoms with van der Waals surface area (Å²) in [6.45, 7) is 0.533. The third-order valence-corrected chi connectivity index (χ3v) is 7.86. The lowest BCUT2D eigenvalue weighted by Gasteiger charge is -2.41. The van der Waals surface area contributed by atoms with Crippen LogP contribution in [0.1, 0.15) is 19.3 Å². The molecule has 1 aliphatic rings. The van der Waals surface area contributed by atoms with Gasteiger partial charge in [-0.1, -0.05) is 34.8 Å². The minimum atomic E-state index is -3.89.